The van der Waals surface area contributed by atoms with Crippen molar-refractivity contribution in [2.24, 2.45) is 5.92 Å². The highest BCUT2D eigenvalue weighted by molar-refractivity contribution is 6.01. The number of aryl methyl sites for hydroxylation is 3. The zero-order valence-corrected chi connectivity index (χ0v) is 16.5. The van der Waals surface area contributed by atoms with Gasteiger partial charge in [0.15, 0.2) is 0 Å². The van der Waals surface area contributed by atoms with Crippen molar-refractivity contribution in [3.63, 3.8) is 0 Å². The summed E-state index contributed by atoms with van der Waals surface area (Å²) in [5.74, 6) is -0.201. The predicted octanol–water partition coefficient (Wildman–Crippen LogP) is 3.06. The van der Waals surface area contributed by atoms with Gasteiger partial charge in [-0.1, -0.05) is 17.7 Å². The van der Waals surface area contributed by atoms with Crippen molar-refractivity contribution in [2.75, 3.05) is 25.0 Å². The van der Waals surface area contributed by atoms with Crippen LogP contribution in [0.15, 0.2) is 36.7 Å². The summed E-state index contributed by atoms with van der Waals surface area (Å²) in [4.78, 5) is 33.0. The molecule has 0 aliphatic carbocycles. The number of hydrogen-bond donors (Lipinski definition) is 0. The number of carbonyl (C=O) groups is 2. The summed E-state index contributed by atoms with van der Waals surface area (Å²) in [6.07, 6.45) is 4.59. The summed E-state index contributed by atoms with van der Waals surface area (Å²) in [5.41, 5.74) is 5.46. The number of carbonyl (C=O) groups excluding carboxylic acids is 2. The molecule has 0 bridgehead atoms. The van der Waals surface area contributed by atoms with Crippen LogP contribution in [-0.4, -0.2) is 41.8 Å². The second kappa shape index (κ2) is 7.91. The van der Waals surface area contributed by atoms with Crippen LogP contribution in [0.1, 0.15) is 28.7 Å². The molecule has 1 saturated heterocycles. The summed E-state index contributed by atoms with van der Waals surface area (Å²) in [6.45, 7) is 7.20. The minimum atomic E-state index is -0.278. The Hall–Kier alpha value is -2.69. The van der Waals surface area contributed by atoms with Crippen molar-refractivity contribution in [3.8, 4) is 0 Å². The van der Waals surface area contributed by atoms with Crippen LogP contribution < -0.4 is 4.90 Å². The van der Waals surface area contributed by atoms with Crippen molar-refractivity contribution in [2.45, 2.75) is 33.6 Å². The first-order chi connectivity index (χ1) is 12.9. The van der Waals surface area contributed by atoms with E-state index in [0.29, 0.717) is 13.1 Å². The van der Waals surface area contributed by atoms with Crippen molar-refractivity contribution >= 4 is 17.5 Å². The van der Waals surface area contributed by atoms with Crippen LogP contribution in [0.4, 0.5) is 5.69 Å². The molecule has 1 aromatic heterocycles. The highest BCUT2D eigenvalue weighted by atomic mass is 16.2. The summed E-state index contributed by atoms with van der Waals surface area (Å²) < 4.78 is 0. The molecule has 0 saturated carbocycles. The fourth-order valence-corrected chi connectivity index (χ4v) is 3.96. The summed E-state index contributed by atoms with van der Waals surface area (Å²) in [5, 5.41) is 0. The Kier molecular flexibility index (Phi) is 5.59. The molecule has 142 valence electrons. The summed E-state index contributed by atoms with van der Waals surface area (Å²) >= 11 is 0. The molecule has 1 unspecified atom stereocenters. The number of rotatable bonds is 5. The SMILES string of the molecule is Cc1cc(C)c(N2CC(C(=O)N(C)CCc3ccncc3)CC2=O)c(C)c1. The van der Waals surface area contributed by atoms with E-state index in [2.05, 4.69) is 24.0 Å². The third kappa shape index (κ3) is 4.18. The number of amides is 2. The first-order valence-electron chi connectivity index (χ1n) is 9.39. The fraction of sp³-hybridized carbons (Fsp3) is 0.409. The van der Waals surface area contributed by atoms with Gasteiger partial charge in [-0.25, -0.2) is 0 Å². The number of nitrogens with zero attached hydrogens (tertiary/aromatic N) is 3. The van der Waals surface area contributed by atoms with Crippen LogP contribution >= 0.6 is 0 Å². The standard InChI is InChI=1S/C22H27N3O2/c1-15-11-16(2)21(17(3)12-15)25-14-19(13-20(25)26)22(27)24(4)10-7-18-5-8-23-9-6-18/h5-6,8-9,11-12,19H,7,10,13-14H2,1-4H3. The van der Waals surface area contributed by atoms with Gasteiger partial charge in [0.2, 0.25) is 11.8 Å². The van der Waals surface area contributed by atoms with E-state index >= 15 is 0 Å². The molecular formula is C22H27N3O2. The highest BCUT2D eigenvalue weighted by Gasteiger charge is 2.37. The van der Waals surface area contributed by atoms with Gasteiger partial charge in [-0.3, -0.25) is 14.6 Å². The van der Waals surface area contributed by atoms with Crippen LogP contribution in [0.3, 0.4) is 0 Å². The van der Waals surface area contributed by atoms with Gasteiger partial charge in [-0.2, -0.15) is 0 Å². The average Bonchev–Trinajstić information content (AvgIpc) is 3.00. The van der Waals surface area contributed by atoms with Gasteiger partial charge < -0.3 is 9.80 Å². The lowest BCUT2D eigenvalue weighted by Gasteiger charge is -2.24. The second-order valence-corrected chi connectivity index (χ2v) is 7.52. The molecule has 27 heavy (non-hydrogen) atoms. The monoisotopic (exact) mass is 365 g/mol. The molecule has 2 heterocycles. The lowest BCUT2D eigenvalue weighted by atomic mass is 10.0. The molecule has 1 aliphatic heterocycles. The lowest BCUT2D eigenvalue weighted by Crippen LogP contribution is -2.36. The van der Waals surface area contributed by atoms with E-state index in [1.54, 1.807) is 22.2 Å². The Bertz CT molecular complexity index is 825. The van der Waals surface area contributed by atoms with Gasteiger partial charge in [0.05, 0.1) is 5.92 Å². The van der Waals surface area contributed by atoms with E-state index < -0.39 is 0 Å². The van der Waals surface area contributed by atoms with E-state index in [-0.39, 0.29) is 24.2 Å². The number of benzene rings is 1. The largest absolute Gasteiger partial charge is 0.345 e. The number of anilines is 1. The summed E-state index contributed by atoms with van der Waals surface area (Å²) in [6, 6.07) is 8.10. The lowest BCUT2D eigenvalue weighted by molar-refractivity contribution is -0.134. The van der Waals surface area contributed by atoms with Crippen molar-refractivity contribution in [3.05, 3.63) is 58.9 Å². The first kappa shape index (κ1) is 19.1. The molecule has 1 aromatic carbocycles. The molecule has 0 radical (unpaired) electrons. The molecule has 3 rings (SSSR count). The van der Waals surface area contributed by atoms with Crippen LogP contribution in [0.2, 0.25) is 0 Å². The summed E-state index contributed by atoms with van der Waals surface area (Å²) in [7, 11) is 1.82. The molecule has 5 nitrogen and oxygen atoms in total. The van der Waals surface area contributed by atoms with Crippen LogP contribution in [0.25, 0.3) is 0 Å². The minimum Gasteiger partial charge on any atom is -0.345 e. The Labute approximate surface area is 161 Å². The predicted molar refractivity (Wildman–Crippen MR) is 107 cm³/mol. The van der Waals surface area contributed by atoms with Crippen molar-refractivity contribution < 1.29 is 9.59 Å². The molecule has 0 N–H and O–H groups in total. The molecule has 1 atom stereocenters. The fourth-order valence-electron chi connectivity index (χ4n) is 3.96. The van der Waals surface area contributed by atoms with Gasteiger partial charge in [0.1, 0.15) is 0 Å². The highest BCUT2D eigenvalue weighted by Crippen LogP contribution is 2.32. The van der Waals surface area contributed by atoms with Crippen molar-refractivity contribution in [1.29, 1.82) is 0 Å². The normalized spacial score (nSPS) is 16.7. The third-order valence-corrected chi connectivity index (χ3v) is 5.24. The second-order valence-electron chi connectivity index (χ2n) is 7.52. The van der Waals surface area contributed by atoms with E-state index in [9.17, 15) is 9.59 Å². The van der Waals surface area contributed by atoms with Crippen LogP contribution in [0, 0.1) is 26.7 Å². The molecular weight excluding hydrogens is 338 g/mol. The Morgan fingerprint density at radius 3 is 2.44 bits per heavy atom. The van der Waals surface area contributed by atoms with Crippen LogP contribution in [-0.2, 0) is 16.0 Å². The van der Waals surface area contributed by atoms with Gasteiger partial charge >= 0.3 is 0 Å². The number of hydrogen-bond acceptors (Lipinski definition) is 3. The number of pyridine rings is 1. The Balaban J connectivity index is 1.67. The van der Waals surface area contributed by atoms with E-state index in [4.69, 9.17) is 0 Å². The zero-order valence-electron chi connectivity index (χ0n) is 16.5. The maximum atomic E-state index is 12.8. The van der Waals surface area contributed by atoms with E-state index in [1.165, 1.54) is 5.56 Å². The Morgan fingerprint density at radius 1 is 1.19 bits per heavy atom. The molecule has 1 aliphatic rings. The van der Waals surface area contributed by atoms with Crippen molar-refractivity contribution in [1.82, 2.24) is 9.88 Å². The van der Waals surface area contributed by atoms with Gasteiger partial charge in [0, 0.05) is 44.6 Å². The van der Waals surface area contributed by atoms with E-state index in [1.807, 2.05) is 33.0 Å². The van der Waals surface area contributed by atoms with Gasteiger partial charge in [0.25, 0.3) is 0 Å². The number of likely N-dealkylation sites (N-methyl/N-ethyl adjacent to an activating group) is 1. The van der Waals surface area contributed by atoms with Gasteiger partial charge in [-0.05, 0) is 56.0 Å². The maximum absolute atomic E-state index is 12.8. The van der Waals surface area contributed by atoms with Gasteiger partial charge in [-0.15, -0.1) is 0 Å². The number of aromatic nitrogens is 1. The molecule has 2 amide bonds. The average molecular weight is 365 g/mol. The topological polar surface area (TPSA) is 53.5 Å². The molecule has 5 heteroatoms. The zero-order chi connectivity index (χ0) is 19.6. The Morgan fingerprint density at radius 2 is 1.81 bits per heavy atom. The van der Waals surface area contributed by atoms with Crippen LogP contribution in [0.5, 0.6) is 0 Å². The third-order valence-electron chi connectivity index (χ3n) is 5.24. The smallest absolute Gasteiger partial charge is 0.227 e. The molecule has 0 spiro atoms. The minimum absolute atomic E-state index is 0.0333. The van der Waals surface area contributed by atoms with E-state index in [0.717, 1.165) is 28.8 Å². The quantitative estimate of drug-likeness (QED) is 0.818. The first-order valence-corrected chi connectivity index (χ1v) is 9.39. The molecule has 2 aromatic rings. The maximum Gasteiger partial charge on any atom is 0.227 e. The molecule has 1 fully saturated rings.